The molecule has 24 heavy (non-hydrogen) atoms. The van der Waals surface area contributed by atoms with E-state index < -0.39 is 0 Å². The van der Waals surface area contributed by atoms with Crippen LogP contribution in [-0.2, 0) is 12.0 Å². The van der Waals surface area contributed by atoms with Gasteiger partial charge in [0.15, 0.2) is 0 Å². The van der Waals surface area contributed by atoms with Crippen molar-refractivity contribution in [2.24, 2.45) is 0 Å². The second-order valence-corrected chi connectivity index (χ2v) is 6.99. The van der Waals surface area contributed by atoms with Gasteiger partial charge in [0.2, 0.25) is 0 Å². The first kappa shape index (κ1) is 16.1. The second kappa shape index (κ2) is 6.41. The lowest BCUT2D eigenvalue weighted by atomic mass is 9.87. The molecule has 0 spiro atoms. The van der Waals surface area contributed by atoms with Crippen molar-refractivity contribution in [3.8, 4) is 11.8 Å². The van der Waals surface area contributed by atoms with Gasteiger partial charge in [-0.2, -0.15) is 5.26 Å². The predicted octanol–water partition coefficient (Wildman–Crippen LogP) is 4.89. The van der Waals surface area contributed by atoms with Crippen LogP contribution < -0.4 is 4.74 Å². The number of rotatable bonds is 4. The molecule has 0 aliphatic heterocycles. The Morgan fingerprint density at radius 1 is 1.04 bits per heavy atom. The van der Waals surface area contributed by atoms with Crippen molar-refractivity contribution in [1.29, 1.82) is 5.26 Å². The zero-order valence-electron chi connectivity index (χ0n) is 14.4. The van der Waals surface area contributed by atoms with Crippen molar-refractivity contribution >= 4 is 10.9 Å². The highest BCUT2D eigenvalue weighted by Gasteiger charge is 2.13. The lowest BCUT2D eigenvalue weighted by molar-refractivity contribution is 0.300. The van der Waals surface area contributed by atoms with Crippen LogP contribution in [0.3, 0.4) is 0 Å². The summed E-state index contributed by atoms with van der Waals surface area (Å²) in [6.07, 6.45) is 1.90. The van der Waals surface area contributed by atoms with Gasteiger partial charge < -0.3 is 9.30 Å². The average molecular weight is 318 g/mol. The normalized spacial score (nSPS) is 11.4. The van der Waals surface area contributed by atoms with Gasteiger partial charge in [-0.1, -0.05) is 51.1 Å². The standard InChI is InChI=1S/C21H22N2O/c1-21(2,3)17-8-10-18(11-9-17)24-13-12-23-15-16(14-22)19-6-4-5-7-20(19)23/h4-11,15H,12-13H2,1-3H3. The van der Waals surface area contributed by atoms with Crippen LogP contribution in [0.25, 0.3) is 10.9 Å². The number of para-hydroxylation sites is 1. The molecule has 0 unspecified atom stereocenters. The van der Waals surface area contributed by atoms with E-state index in [4.69, 9.17) is 4.74 Å². The van der Waals surface area contributed by atoms with E-state index in [-0.39, 0.29) is 5.41 Å². The molecule has 122 valence electrons. The minimum Gasteiger partial charge on any atom is -0.492 e. The largest absolute Gasteiger partial charge is 0.492 e. The highest BCUT2D eigenvalue weighted by molar-refractivity contribution is 5.86. The summed E-state index contributed by atoms with van der Waals surface area (Å²) in [6, 6.07) is 18.5. The number of nitriles is 1. The Hall–Kier alpha value is -2.73. The number of fused-ring (bicyclic) bond motifs is 1. The van der Waals surface area contributed by atoms with Crippen LogP contribution in [0.1, 0.15) is 31.9 Å². The van der Waals surface area contributed by atoms with Crippen LogP contribution in [0.2, 0.25) is 0 Å². The van der Waals surface area contributed by atoms with E-state index in [0.29, 0.717) is 18.7 Å². The predicted molar refractivity (Wildman–Crippen MR) is 97.3 cm³/mol. The molecule has 1 heterocycles. The zero-order valence-corrected chi connectivity index (χ0v) is 14.4. The van der Waals surface area contributed by atoms with Crippen LogP contribution in [0.4, 0.5) is 0 Å². The summed E-state index contributed by atoms with van der Waals surface area (Å²) < 4.78 is 7.95. The number of aromatic nitrogens is 1. The Balaban J connectivity index is 1.68. The Morgan fingerprint density at radius 2 is 1.75 bits per heavy atom. The highest BCUT2D eigenvalue weighted by Crippen LogP contribution is 2.24. The SMILES string of the molecule is CC(C)(C)c1ccc(OCCn2cc(C#N)c3ccccc32)cc1. The molecule has 0 aliphatic rings. The molecule has 3 heteroatoms. The molecule has 0 bridgehead atoms. The van der Waals surface area contributed by atoms with E-state index in [9.17, 15) is 5.26 Å². The van der Waals surface area contributed by atoms with Gasteiger partial charge in [-0.05, 0) is 29.2 Å². The number of ether oxygens (including phenoxy) is 1. The van der Waals surface area contributed by atoms with Crippen LogP contribution >= 0.6 is 0 Å². The molecule has 3 nitrogen and oxygen atoms in total. The van der Waals surface area contributed by atoms with E-state index in [0.717, 1.165) is 16.7 Å². The van der Waals surface area contributed by atoms with Crippen LogP contribution in [0, 0.1) is 11.3 Å². The fourth-order valence-corrected chi connectivity index (χ4v) is 2.83. The minimum atomic E-state index is 0.149. The third kappa shape index (κ3) is 3.28. The molecule has 3 aromatic rings. The maximum absolute atomic E-state index is 9.25. The Labute approximate surface area is 143 Å². The van der Waals surface area contributed by atoms with Crippen molar-refractivity contribution in [2.75, 3.05) is 6.61 Å². The molecular formula is C21H22N2O. The Morgan fingerprint density at radius 3 is 2.42 bits per heavy atom. The molecule has 1 aromatic heterocycles. The third-order valence-corrected chi connectivity index (χ3v) is 4.23. The van der Waals surface area contributed by atoms with Gasteiger partial charge >= 0.3 is 0 Å². The number of hydrogen-bond acceptors (Lipinski definition) is 2. The molecule has 0 N–H and O–H groups in total. The molecule has 0 fully saturated rings. The average Bonchev–Trinajstić information content (AvgIpc) is 2.93. The summed E-state index contributed by atoms with van der Waals surface area (Å²) in [5, 5.41) is 10.2. The van der Waals surface area contributed by atoms with Gasteiger partial charge in [0, 0.05) is 17.1 Å². The van der Waals surface area contributed by atoms with Gasteiger partial charge in [-0.3, -0.25) is 0 Å². The van der Waals surface area contributed by atoms with Crippen molar-refractivity contribution < 1.29 is 4.74 Å². The smallest absolute Gasteiger partial charge is 0.119 e. The zero-order chi connectivity index (χ0) is 17.2. The third-order valence-electron chi connectivity index (χ3n) is 4.23. The van der Waals surface area contributed by atoms with E-state index in [1.54, 1.807) is 0 Å². The molecular weight excluding hydrogens is 296 g/mol. The number of nitrogens with zero attached hydrogens (tertiary/aromatic N) is 2. The first-order valence-electron chi connectivity index (χ1n) is 8.20. The molecule has 0 aliphatic carbocycles. The summed E-state index contributed by atoms with van der Waals surface area (Å²) in [7, 11) is 0. The summed E-state index contributed by atoms with van der Waals surface area (Å²) >= 11 is 0. The Kier molecular flexibility index (Phi) is 4.31. The Bertz CT molecular complexity index is 877. The maximum Gasteiger partial charge on any atom is 0.119 e. The summed E-state index contributed by atoms with van der Waals surface area (Å²) in [5.74, 6) is 0.875. The second-order valence-electron chi connectivity index (χ2n) is 6.99. The molecule has 0 radical (unpaired) electrons. The van der Waals surface area contributed by atoms with Crippen molar-refractivity contribution in [1.82, 2.24) is 4.57 Å². The number of hydrogen-bond donors (Lipinski definition) is 0. The van der Waals surface area contributed by atoms with Gasteiger partial charge in [-0.25, -0.2) is 0 Å². The van der Waals surface area contributed by atoms with E-state index in [1.165, 1.54) is 5.56 Å². The fraction of sp³-hybridized carbons (Fsp3) is 0.286. The first-order valence-corrected chi connectivity index (χ1v) is 8.20. The summed E-state index contributed by atoms with van der Waals surface area (Å²) in [5.41, 5.74) is 3.22. The molecule has 0 saturated carbocycles. The van der Waals surface area contributed by atoms with Crippen LogP contribution in [-0.4, -0.2) is 11.2 Å². The minimum absolute atomic E-state index is 0.149. The lowest BCUT2D eigenvalue weighted by Gasteiger charge is -2.19. The molecule has 0 saturated heterocycles. The van der Waals surface area contributed by atoms with Crippen LogP contribution in [0.5, 0.6) is 5.75 Å². The molecule has 0 atom stereocenters. The highest BCUT2D eigenvalue weighted by atomic mass is 16.5. The first-order chi connectivity index (χ1) is 11.5. The van der Waals surface area contributed by atoms with Crippen molar-refractivity contribution in [3.05, 3.63) is 65.9 Å². The van der Waals surface area contributed by atoms with Gasteiger partial charge in [0.05, 0.1) is 12.1 Å². The molecule has 3 rings (SSSR count). The van der Waals surface area contributed by atoms with Crippen LogP contribution in [0.15, 0.2) is 54.7 Å². The number of benzene rings is 2. The maximum atomic E-state index is 9.25. The van der Waals surface area contributed by atoms with Gasteiger partial charge in [0.25, 0.3) is 0 Å². The molecule has 0 amide bonds. The van der Waals surface area contributed by atoms with E-state index in [1.807, 2.05) is 42.6 Å². The van der Waals surface area contributed by atoms with E-state index >= 15 is 0 Å². The molecule has 2 aromatic carbocycles. The van der Waals surface area contributed by atoms with Crippen molar-refractivity contribution in [2.45, 2.75) is 32.7 Å². The summed E-state index contributed by atoms with van der Waals surface area (Å²) in [6.45, 7) is 7.88. The van der Waals surface area contributed by atoms with E-state index in [2.05, 4.69) is 43.5 Å². The van der Waals surface area contributed by atoms with Crippen molar-refractivity contribution in [3.63, 3.8) is 0 Å². The fourth-order valence-electron chi connectivity index (χ4n) is 2.83. The van der Waals surface area contributed by atoms with Gasteiger partial charge in [-0.15, -0.1) is 0 Å². The lowest BCUT2D eigenvalue weighted by Crippen LogP contribution is -2.11. The monoisotopic (exact) mass is 318 g/mol. The summed E-state index contributed by atoms with van der Waals surface area (Å²) in [4.78, 5) is 0. The topological polar surface area (TPSA) is 38.0 Å². The quantitative estimate of drug-likeness (QED) is 0.687. The van der Waals surface area contributed by atoms with Gasteiger partial charge in [0.1, 0.15) is 18.4 Å².